The molecule has 0 bridgehead atoms. The SMILES string of the molecule is Cc1cc(C)c(NC(=O)COC(=O)CSc2ccccc2[N+](=O)[O-])c(Cl)c1. The Bertz CT molecular complexity index is 865. The fourth-order valence-electron chi connectivity index (χ4n) is 2.30. The van der Waals surface area contributed by atoms with Gasteiger partial charge in [0.05, 0.1) is 26.3 Å². The fourth-order valence-corrected chi connectivity index (χ4v) is 3.49. The number of halogens is 1. The normalized spacial score (nSPS) is 10.3. The highest BCUT2D eigenvalue weighted by Gasteiger charge is 2.16. The predicted molar refractivity (Wildman–Crippen MR) is 104 cm³/mol. The molecule has 0 aliphatic heterocycles. The molecule has 1 N–H and O–H groups in total. The van der Waals surface area contributed by atoms with Gasteiger partial charge in [-0.1, -0.05) is 29.8 Å². The molecule has 0 fully saturated rings. The summed E-state index contributed by atoms with van der Waals surface area (Å²) in [7, 11) is 0. The van der Waals surface area contributed by atoms with E-state index in [4.69, 9.17) is 16.3 Å². The highest BCUT2D eigenvalue weighted by molar-refractivity contribution is 8.00. The number of para-hydroxylation sites is 1. The molecule has 0 aliphatic rings. The summed E-state index contributed by atoms with van der Waals surface area (Å²) in [6.07, 6.45) is 0. The summed E-state index contributed by atoms with van der Waals surface area (Å²) in [5.41, 5.74) is 2.15. The Morgan fingerprint density at radius 2 is 1.96 bits per heavy atom. The number of esters is 1. The van der Waals surface area contributed by atoms with Crippen molar-refractivity contribution in [3.63, 3.8) is 0 Å². The van der Waals surface area contributed by atoms with E-state index in [0.29, 0.717) is 15.6 Å². The van der Waals surface area contributed by atoms with Gasteiger partial charge in [0.15, 0.2) is 6.61 Å². The van der Waals surface area contributed by atoms with Gasteiger partial charge in [-0.3, -0.25) is 19.7 Å². The summed E-state index contributed by atoms with van der Waals surface area (Å²) >= 11 is 7.10. The van der Waals surface area contributed by atoms with Crippen LogP contribution in [0, 0.1) is 24.0 Å². The lowest BCUT2D eigenvalue weighted by Gasteiger charge is -2.11. The van der Waals surface area contributed by atoms with Crippen LogP contribution >= 0.6 is 23.4 Å². The van der Waals surface area contributed by atoms with E-state index in [2.05, 4.69) is 5.32 Å². The van der Waals surface area contributed by atoms with Crippen molar-refractivity contribution in [2.75, 3.05) is 17.7 Å². The first kappa shape index (κ1) is 20.7. The van der Waals surface area contributed by atoms with Crippen LogP contribution in [0.2, 0.25) is 5.02 Å². The highest BCUT2D eigenvalue weighted by Crippen LogP contribution is 2.29. The number of anilines is 1. The van der Waals surface area contributed by atoms with Gasteiger partial charge in [0.25, 0.3) is 11.6 Å². The van der Waals surface area contributed by atoms with Gasteiger partial charge in [0.2, 0.25) is 0 Å². The average Bonchev–Trinajstić information content (AvgIpc) is 2.61. The van der Waals surface area contributed by atoms with Crippen molar-refractivity contribution in [3.05, 3.63) is 62.7 Å². The van der Waals surface area contributed by atoms with Crippen molar-refractivity contribution in [2.45, 2.75) is 18.7 Å². The summed E-state index contributed by atoms with van der Waals surface area (Å²) in [6.45, 7) is 3.23. The minimum absolute atomic E-state index is 0.0856. The van der Waals surface area contributed by atoms with E-state index >= 15 is 0 Å². The van der Waals surface area contributed by atoms with E-state index < -0.39 is 23.4 Å². The third-order valence-electron chi connectivity index (χ3n) is 3.47. The monoisotopic (exact) mass is 408 g/mol. The van der Waals surface area contributed by atoms with Gasteiger partial charge in [-0.15, -0.1) is 11.8 Å². The molecule has 0 saturated carbocycles. The van der Waals surface area contributed by atoms with Gasteiger partial charge < -0.3 is 10.1 Å². The standard InChI is InChI=1S/C18H17ClN2O5S/c1-11-7-12(2)18(13(19)8-11)20-16(22)9-26-17(23)10-27-15-6-4-3-5-14(15)21(24)25/h3-8H,9-10H2,1-2H3,(H,20,22). The molecule has 2 rings (SSSR count). The Morgan fingerprint density at radius 1 is 1.26 bits per heavy atom. The number of hydrogen-bond acceptors (Lipinski definition) is 6. The molecule has 0 aromatic heterocycles. The van der Waals surface area contributed by atoms with Crippen molar-refractivity contribution in [2.24, 2.45) is 0 Å². The number of ether oxygens (including phenoxy) is 1. The van der Waals surface area contributed by atoms with E-state index in [1.807, 2.05) is 19.9 Å². The minimum Gasteiger partial charge on any atom is -0.455 e. The Labute approximate surface area is 165 Å². The van der Waals surface area contributed by atoms with E-state index in [9.17, 15) is 19.7 Å². The van der Waals surface area contributed by atoms with Gasteiger partial charge >= 0.3 is 5.97 Å². The van der Waals surface area contributed by atoms with Gasteiger partial charge in [-0.25, -0.2) is 0 Å². The molecule has 2 aromatic rings. The van der Waals surface area contributed by atoms with Crippen LogP contribution in [-0.2, 0) is 14.3 Å². The summed E-state index contributed by atoms with van der Waals surface area (Å²) in [4.78, 5) is 34.6. The topological polar surface area (TPSA) is 98.5 Å². The Balaban J connectivity index is 1.86. The average molecular weight is 409 g/mol. The largest absolute Gasteiger partial charge is 0.455 e. The van der Waals surface area contributed by atoms with Crippen LogP contribution < -0.4 is 5.32 Å². The molecule has 2 aromatic carbocycles. The zero-order valence-electron chi connectivity index (χ0n) is 14.7. The molecule has 0 saturated heterocycles. The number of amides is 1. The summed E-state index contributed by atoms with van der Waals surface area (Å²) in [5.74, 6) is -1.32. The lowest BCUT2D eigenvalue weighted by molar-refractivity contribution is -0.387. The minimum atomic E-state index is -0.653. The number of benzene rings is 2. The summed E-state index contributed by atoms with van der Waals surface area (Å²) < 4.78 is 4.92. The zero-order valence-corrected chi connectivity index (χ0v) is 16.2. The predicted octanol–water partition coefficient (Wildman–Crippen LogP) is 4.14. The van der Waals surface area contributed by atoms with Crippen molar-refractivity contribution < 1.29 is 19.2 Å². The van der Waals surface area contributed by atoms with Crippen LogP contribution in [0.1, 0.15) is 11.1 Å². The van der Waals surface area contributed by atoms with Crippen LogP contribution in [0.5, 0.6) is 0 Å². The quantitative estimate of drug-likeness (QED) is 0.320. The number of aryl methyl sites for hydroxylation is 2. The molecule has 0 spiro atoms. The number of nitro groups is 1. The molecule has 0 aliphatic carbocycles. The van der Waals surface area contributed by atoms with Crippen LogP contribution in [-0.4, -0.2) is 29.2 Å². The van der Waals surface area contributed by atoms with Crippen LogP contribution in [0.3, 0.4) is 0 Å². The number of thioether (sulfide) groups is 1. The Morgan fingerprint density at radius 3 is 2.63 bits per heavy atom. The number of hydrogen-bond donors (Lipinski definition) is 1. The van der Waals surface area contributed by atoms with E-state index in [1.165, 1.54) is 6.07 Å². The second-order valence-corrected chi connectivity index (χ2v) is 7.09. The molecular formula is C18H17ClN2O5S. The fraction of sp³-hybridized carbons (Fsp3) is 0.222. The van der Waals surface area contributed by atoms with Crippen molar-refractivity contribution in [1.82, 2.24) is 0 Å². The maximum absolute atomic E-state index is 12.0. The van der Waals surface area contributed by atoms with Crippen LogP contribution in [0.4, 0.5) is 11.4 Å². The molecule has 1 amide bonds. The van der Waals surface area contributed by atoms with Gasteiger partial charge in [-0.05, 0) is 37.1 Å². The van der Waals surface area contributed by atoms with Gasteiger partial charge in [0, 0.05) is 6.07 Å². The molecule has 0 atom stereocenters. The molecule has 9 heteroatoms. The van der Waals surface area contributed by atoms with E-state index in [1.54, 1.807) is 24.3 Å². The molecule has 0 radical (unpaired) electrons. The lowest BCUT2D eigenvalue weighted by atomic mass is 10.1. The lowest BCUT2D eigenvalue weighted by Crippen LogP contribution is -2.22. The van der Waals surface area contributed by atoms with Crippen molar-refractivity contribution in [1.29, 1.82) is 0 Å². The highest BCUT2D eigenvalue weighted by atomic mass is 35.5. The van der Waals surface area contributed by atoms with Gasteiger partial charge in [0.1, 0.15) is 0 Å². The molecule has 0 heterocycles. The number of carbonyl (C=O) groups excluding carboxylic acids is 2. The maximum Gasteiger partial charge on any atom is 0.316 e. The molecule has 142 valence electrons. The second-order valence-electron chi connectivity index (χ2n) is 5.66. The third kappa shape index (κ3) is 5.97. The van der Waals surface area contributed by atoms with Crippen molar-refractivity contribution >= 4 is 46.6 Å². The first-order chi connectivity index (χ1) is 12.8. The molecule has 27 heavy (non-hydrogen) atoms. The summed E-state index contributed by atoms with van der Waals surface area (Å²) in [5, 5.41) is 14.0. The van der Waals surface area contributed by atoms with Crippen molar-refractivity contribution in [3.8, 4) is 0 Å². The first-order valence-electron chi connectivity index (χ1n) is 7.86. The second kappa shape index (κ2) is 9.38. The smallest absolute Gasteiger partial charge is 0.316 e. The van der Waals surface area contributed by atoms with E-state index in [0.717, 1.165) is 22.9 Å². The first-order valence-corrected chi connectivity index (χ1v) is 9.22. The van der Waals surface area contributed by atoms with Crippen LogP contribution in [0.15, 0.2) is 41.3 Å². The molecular weight excluding hydrogens is 392 g/mol. The Kier molecular flexibility index (Phi) is 7.20. The number of nitro benzene ring substituents is 1. The summed E-state index contributed by atoms with van der Waals surface area (Å²) in [6, 6.07) is 9.68. The molecule has 0 unspecified atom stereocenters. The number of rotatable bonds is 7. The molecule has 7 nitrogen and oxygen atoms in total. The third-order valence-corrected chi connectivity index (χ3v) is 4.80. The van der Waals surface area contributed by atoms with Crippen LogP contribution in [0.25, 0.3) is 0 Å². The van der Waals surface area contributed by atoms with Gasteiger partial charge in [-0.2, -0.15) is 0 Å². The number of carbonyl (C=O) groups is 2. The number of nitrogens with one attached hydrogen (secondary N) is 1. The maximum atomic E-state index is 12.0. The number of nitrogens with zero attached hydrogens (tertiary/aromatic N) is 1. The Hall–Kier alpha value is -2.58. The van der Waals surface area contributed by atoms with E-state index in [-0.39, 0.29) is 11.4 Å². The zero-order chi connectivity index (χ0) is 20.0.